The number of halogens is 3. The number of aryl methyl sites for hydroxylation is 1. The third kappa shape index (κ3) is 5.86. The van der Waals surface area contributed by atoms with Gasteiger partial charge in [-0.2, -0.15) is 0 Å². The minimum Gasteiger partial charge on any atom is -0.352 e. The molecule has 2 aromatic rings. The summed E-state index contributed by atoms with van der Waals surface area (Å²) in [5.41, 5.74) is 1.20. The van der Waals surface area contributed by atoms with Crippen molar-refractivity contribution in [2.24, 2.45) is 0 Å². The lowest BCUT2D eigenvalue weighted by atomic mass is 10.1. The third-order valence-corrected chi connectivity index (χ3v) is 3.36. The van der Waals surface area contributed by atoms with Gasteiger partial charge < -0.3 is 10.6 Å². The second-order valence-electron chi connectivity index (χ2n) is 5.23. The van der Waals surface area contributed by atoms with Gasteiger partial charge in [0.15, 0.2) is 0 Å². The Hall–Kier alpha value is -2.05. The first-order chi connectivity index (χ1) is 11.1. The number of hydrogen-bond acceptors (Lipinski definition) is 3. The molecule has 1 amide bonds. The first-order valence-electron chi connectivity index (χ1n) is 7.41. The number of amides is 1. The van der Waals surface area contributed by atoms with E-state index >= 15 is 0 Å². The minimum absolute atomic E-state index is 0. The van der Waals surface area contributed by atoms with E-state index in [1.165, 1.54) is 13.0 Å². The molecule has 0 saturated carbocycles. The molecule has 0 spiro atoms. The van der Waals surface area contributed by atoms with E-state index in [2.05, 4.69) is 15.6 Å². The molecule has 0 unspecified atom stereocenters. The van der Waals surface area contributed by atoms with Crippen molar-refractivity contribution in [3.05, 3.63) is 65.0 Å². The van der Waals surface area contributed by atoms with Gasteiger partial charge in [0.1, 0.15) is 11.6 Å². The molecular weight excluding hydrogens is 336 g/mol. The van der Waals surface area contributed by atoms with E-state index in [-0.39, 0.29) is 23.5 Å². The van der Waals surface area contributed by atoms with Gasteiger partial charge in [0, 0.05) is 31.5 Å². The maximum atomic E-state index is 13.6. The maximum Gasteiger partial charge on any atom is 0.254 e. The molecule has 0 bridgehead atoms. The van der Waals surface area contributed by atoms with Crippen LogP contribution < -0.4 is 10.6 Å². The summed E-state index contributed by atoms with van der Waals surface area (Å²) in [7, 11) is 0. The van der Waals surface area contributed by atoms with Crippen LogP contribution in [-0.2, 0) is 6.54 Å². The lowest BCUT2D eigenvalue weighted by molar-refractivity contribution is 0.0949. The molecule has 0 fully saturated rings. The van der Waals surface area contributed by atoms with Crippen molar-refractivity contribution < 1.29 is 13.6 Å². The molecule has 1 aromatic carbocycles. The molecular formula is C17H20ClF2N3O. The van der Waals surface area contributed by atoms with E-state index in [4.69, 9.17) is 0 Å². The van der Waals surface area contributed by atoms with Crippen molar-refractivity contribution in [1.29, 1.82) is 0 Å². The van der Waals surface area contributed by atoms with Gasteiger partial charge in [-0.1, -0.05) is 6.07 Å². The molecule has 1 heterocycles. The van der Waals surface area contributed by atoms with Gasteiger partial charge in [-0.25, -0.2) is 8.78 Å². The molecule has 0 aliphatic carbocycles. The molecule has 2 rings (SSSR count). The van der Waals surface area contributed by atoms with Crippen LogP contribution in [0.5, 0.6) is 0 Å². The van der Waals surface area contributed by atoms with Crippen LogP contribution in [0.3, 0.4) is 0 Å². The Bertz CT molecular complexity index is 668. The molecule has 130 valence electrons. The number of nitrogens with one attached hydrogen (secondary N) is 2. The van der Waals surface area contributed by atoms with E-state index in [9.17, 15) is 13.6 Å². The SMILES string of the molecule is Cc1cc(C(=O)NCCCNCc2cccnc2)c(F)cc1F.Cl. The topological polar surface area (TPSA) is 54.0 Å². The highest BCUT2D eigenvalue weighted by Crippen LogP contribution is 2.14. The Morgan fingerprint density at radius 3 is 2.71 bits per heavy atom. The molecule has 2 N–H and O–H groups in total. The van der Waals surface area contributed by atoms with Crippen LogP contribution in [0.25, 0.3) is 0 Å². The van der Waals surface area contributed by atoms with Crippen LogP contribution in [0, 0.1) is 18.6 Å². The Morgan fingerprint density at radius 2 is 2.00 bits per heavy atom. The summed E-state index contributed by atoms with van der Waals surface area (Å²) in [5.74, 6) is -2.03. The number of benzene rings is 1. The average molecular weight is 356 g/mol. The second-order valence-corrected chi connectivity index (χ2v) is 5.23. The fraction of sp³-hybridized carbons (Fsp3) is 0.294. The Balaban J connectivity index is 0.00000288. The van der Waals surface area contributed by atoms with E-state index in [0.29, 0.717) is 26.1 Å². The minimum atomic E-state index is -0.847. The molecule has 0 aliphatic rings. The first kappa shape index (κ1) is 20.0. The summed E-state index contributed by atoms with van der Waals surface area (Å²) >= 11 is 0. The van der Waals surface area contributed by atoms with Crippen LogP contribution >= 0.6 is 12.4 Å². The lowest BCUT2D eigenvalue weighted by Gasteiger charge is -2.08. The van der Waals surface area contributed by atoms with Crippen molar-refractivity contribution >= 4 is 18.3 Å². The van der Waals surface area contributed by atoms with Gasteiger partial charge in [0.05, 0.1) is 5.56 Å². The van der Waals surface area contributed by atoms with Gasteiger partial charge in [0.25, 0.3) is 5.91 Å². The smallest absolute Gasteiger partial charge is 0.254 e. The number of carbonyl (C=O) groups is 1. The Labute approximate surface area is 146 Å². The van der Waals surface area contributed by atoms with Crippen LogP contribution in [0.2, 0.25) is 0 Å². The van der Waals surface area contributed by atoms with Crippen molar-refractivity contribution in [2.45, 2.75) is 19.9 Å². The van der Waals surface area contributed by atoms with Crippen LogP contribution in [-0.4, -0.2) is 24.0 Å². The quantitative estimate of drug-likeness (QED) is 0.751. The van der Waals surface area contributed by atoms with Crippen LogP contribution in [0.15, 0.2) is 36.7 Å². The lowest BCUT2D eigenvalue weighted by Crippen LogP contribution is -2.28. The van der Waals surface area contributed by atoms with Gasteiger partial charge in [-0.3, -0.25) is 9.78 Å². The average Bonchev–Trinajstić information content (AvgIpc) is 2.55. The zero-order valence-corrected chi connectivity index (χ0v) is 14.1. The van der Waals surface area contributed by atoms with Gasteiger partial charge in [-0.15, -0.1) is 12.4 Å². The number of nitrogens with zero attached hydrogens (tertiary/aromatic N) is 1. The van der Waals surface area contributed by atoms with Crippen molar-refractivity contribution in [3.8, 4) is 0 Å². The van der Waals surface area contributed by atoms with Gasteiger partial charge >= 0.3 is 0 Å². The zero-order valence-electron chi connectivity index (χ0n) is 13.3. The highest BCUT2D eigenvalue weighted by Gasteiger charge is 2.13. The van der Waals surface area contributed by atoms with Gasteiger partial charge in [-0.05, 0) is 43.1 Å². The molecule has 0 radical (unpaired) electrons. The fourth-order valence-electron chi connectivity index (χ4n) is 2.08. The standard InChI is InChI=1S/C17H19F2N3O.ClH/c1-12-8-14(16(19)9-15(12)18)17(23)22-7-3-6-21-11-13-4-2-5-20-10-13;/h2,4-5,8-10,21H,3,6-7,11H2,1H3,(H,22,23);1H. The normalized spacial score (nSPS) is 10.1. The number of carbonyl (C=O) groups excluding carboxylic acids is 1. The predicted octanol–water partition coefficient (Wildman–Crippen LogP) is 3.00. The Kier molecular flexibility index (Phi) is 8.29. The molecule has 24 heavy (non-hydrogen) atoms. The second kappa shape index (κ2) is 9.95. The summed E-state index contributed by atoms with van der Waals surface area (Å²) in [6.07, 6.45) is 4.21. The van der Waals surface area contributed by atoms with Crippen molar-refractivity contribution in [3.63, 3.8) is 0 Å². The van der Waals surface area contributed by atoms with Crippen molar-refractivity contribution in [2.75, 3.05) is 13.1 Å². The molecule has 7 heteroatoms. The summed E-state index contributed by atoms with van der Waals surface area (Å²) < 4.78 is 26.7. The van der Waals surface area contributed by atoms with E-state index in [0.717, 1.165) is 11.6 Å². The molecule has 0 saturated heterocycles. The van der Waals surface area contributed by atoms with E-state index in [1.54, 1.807) is 12.4 Å². The van der Waals surface area contributed by atoms with E-state index < -0.39 is 17.5 Å². The number of pyridine rings is 1. The van der Waals surface area contributed by atoms with Crippen molar-refractivity contribution in [1.82, 2.24) is 15.6 Å². The summed E-state index contributed by atoms with van der Waals surface area (Å²) in [6.45, 7) is 3.32. The summed E-state index contributed by atoms with van der Waals surface area (Å²) in [5, 5.41) is 5.86. The maximum absolute atomic E-state index is 13.6. The number of hydrogen-bond donors (Lipinski definition) is 2. The summed E-state index contributed by atoms with van der Waals surface area (Å²) in [6, 6.07) is 5.80. The number of aromatic nitrogens is 1. The fourth-order valence-corrected chi connectivity index (χ4v) is 2.08. The predicted molar refractivity (Wildman–Crippen MR) is 91.2 cm³/mol. The van der Waals surface area contributed by atoms with Crippen LogP contribution in [0.1, 0.15) is 27.9 Å². The zero-order chi connectivity index (χ0) is 16.7. The molecule has 4 nitrogen and oxygen atoms in total. The van der Waals surface area contributed by atoms with Gasteiger partial charge in [0.2, 0.25) is 0 Å². The van der Waals surface area contributed by atoms with Crippen LogP contribution in [0.4, 0.5) is 8.78 Å². The third-order valence-electron chi connectivity index (χ3n) is 3.36. The highest BCUT2D eigenvalue weighted by molar-refractivity contribution is 5.94. The Morgan fingerprint density at radius 1 is 1.21 bits per heavy atom. The molecule has 0 atom stereocenters. The largest absolute Gasteiger partial charge is 0.352 e. The monoisotopic (exact) mass is 355 g/mol. The first-order valence-corrected chi connectivity index (χ1v) is 7.41. The summed E-state index contributed by atoms with van der Waals surface area (Å²) in [4.78, 5) is 15.9. The highest BCUT2D eigenvalue weighted by atomic mass is 35.5. The van der Waals surface area contributed by atoms with E-state index in [1.807, 2.05) is 12.1 Å². The molecule has 0 aliphatic heterocycles. The molecule has 1 aromatic heterocycles. The number of rotatable bonds is 7.